The van der Waals surface area contributed by atoms with Gasteiger partial charge in [0.25, 0.3) is 0 Å². The Morgan fingerprint density at radius 2 is 0.623 bits per heavy atom. The molecule has 2 spiro atoms. The van der Waals surface area contributed by atoms with Crippen LogP contribution in [0.4, 0.5) is 17.1 Å². The van der Waals surface area contributed by atoms with E-state index in [0.29, 0.717) is 0 Å². The average Bonchev–Trinajstić information content (AvgIpc) is 4.09. The average molecular weight is 982 g/mol. The molecule has 4 aliphatic rings. The van der Waals surface area contributed by atoms with Crippen LogP contribution in [-0.4, -0.2) is 0 Å². The molecule has 2 heterocycles. The predicted octanol–water partition coefficient (Wildman–Crippen LogP) is 19.1. The first-order chi connectivity index (χ1) is 38.2. The van der Waals surface area contributed by atoms with E-state index in [2.05, 4.69) is 290 Å². The third-order valence-electron chi connectivity index (χ3n) is 16.8. The Bertz CT molecular complexity index is 4250. The number of benzene rings is 12. The lowest BCUT2D eigenvalue weighted by Gasteiger charge is -2.39. The molecule has 16 rings (SSSR count). The number of fused-ring (bicyclic) bond motifs is 18. The highest BCUT2D eigenvalue weighted by Crippen LogP contribution is 2.65. The largest absolute Gasteiger partial charge is 0.457 e. The fourth-order valence-corrected chi connectivity index (χ4v) is 13.7. The van der Waals surface area contributed by atoms with E-state index in [9.17, 15) is 0 Å². The lowest BCUT2D eigenvalue weighted by atomic mass is 9.66. The molecule has 0 fully saturated rings. The Balaban J connectivity index is 0.827. The van der Waals surface area contributed by atoms with Gasteiger partial charge in [0.05, 0.1) is 16.5 Å². The summed E-state index contributed by atoms with van der Waals surface area (Å²) in [5.74, 6) is 3.58. The smallest absolute Gasteiger partial charge is 0.132 e. The summed E-state index contributed by atoms with van der Waals surface area (Å²) in [6.45, 7) is 0. The monoisotopic (exact) mass is 981 g/mol. The number of para-hydroxylation sites is 5. The minimum absolute atomic E-state index is 0.536. The van der Waals surface area contributed by atoms with Crippen molar-refractivity contribution in [1.29, 1.82) is 0 Å². The van der Waals surface area contributed by atoms with E-state index in [1.165, 1.54) is 50.1 Å². The van der Waals surface area contributed by atoms with Crippen molar-refractivity contribution < 1.29 is 9.47 Å². The summed E-state index contributed by atoms with van der Waals surface area (Å²) in [5.41, 5.74) is 23.9. The highest BCUT2D eigenvalue weighted by Gasteiger charge is 2.53. The molecule has 0 N–H and O–H groups in total. The van der Waals surface area contributed by atoms with E-state index < -0.39 is 10.8 Å². The summed E-state index contributed by atoms with van der Waals surface area (Å²) in [7, 11) is 0. The molecule has 12 aromatic carbocycles. The fourth-order valence-electron chi connectivity index (χ4n) is 13.7. The van der Waals surface area contributed by atoms with Crippen molar-refractivity contribution >= 4 is 17.1 Å². The molecule has 0 bridgehead atoms. The van der Waals surface area contributed by atoms with E-state index in [0.717, 1.165) is 90.1 Å². The molecule has 0 aromatic heterocycles. The molecule has 0 atom stereocenters. The standard InChI is InChI=1S/C74H47NO2/c1-2-19-49(20-3-1)54-21-6-13-32-67(54)75(52-42-37-48(38-43-52)51-41-46-57-56-22-4-7-25-59(56)74(66(57)47-51)63-29-11-16-35-70(63)77-71-36-17-12-30-64(71)74)53-44-39-50(40-45-53)55-24-18-31-65-72(55)58-23-5-8-26-60(58)73(65)61-27-9-14-33-68(61)76-69-34-15-10-28-62(69)73/h1-47H. The number of hydrogen-bond acceptors (Lipinski definition) is 3. The van der Waals surface area contributed by atoms with Gasteiger partial charge in [-0.05, 0) is 133 Å². The number of anilines is 3. The van der Waals surface area contributed by atoms with Gasteiger partial charge >= 0.3 is 0 Å². The van der Waals surface area contributed by atoms with Crippen LogP contribution in [0.3, 0.4) is 0 Å². The summed E-state index contributed by atoms with van der Waals surface area (Å²) in [6.07, 6.45) is 0. The second-order valence-electron chi connectivity index (χ2n) is 20.6. The van der Waals surface area contributed by atoms with Crippen molar-refractivity contribution in [2.45, 2.75) is 10.8 Å². The van der Waals surface area contributed by atoms with E-state index in [4.69, 9.17) is 9.47 Å². The van der Waals surface area contributed by atoms with Gasteiger partial charge < -0.3 is 14.4 Å². The topological polar surface area (TPSA) is 21.7 Å². The van der Waals surface area contributed by atoms with Gasteiger partial charge in [0.15, 0.2) is 0 Å². The van der Waals surface area contributed by atoms with Gasteiger partial charge in [-0.25, -0.2) is 0 Å². The van der Waals surface area contributed by atoms with Crippen molar-refractivity contribution in [3.8, 4) is 78.6 Å². The van der Waals surface area contributed by atoms with E-state index in [1.807, 2.05) is 0 Å². The van der Waals surface area contributed by atoms with Crippen LogP contribution in [-0.2, 0) is 10.8 Å². The second-order valence-corrected chi connectivity index (χ2v) is 20.6. The van der Waals surface area contributed by atoms with Crippen LogP contribution in [0.15, 0.2) is 285 Å². The molecular weight excluding hydrogens is 935 g/mol. The van der Waals surface area contributed by atoms with Crippen molar-refractivity contribution in [3.05, 3.63) is 330 Å². The first kappa shape index (κ1) is 43.4. The van der Waals surface area contributed by atoms with Crippen LogP contribution in [0.25, 0.3) is 55.6 Å². The molecule has 0 amide bonds. The molecule has 0 saturated heterocycles. The molecular formula is C74H47NO2. The zero-order chi connectivity index (χ0) is 50.7. The molecule has 12 aromatic rings. The van der Waals surface area contributed by atoms with Gasteiger partial charge in [0.2, 0.25) is 0 Å². The lowest BCUT2D eigenvalue weighted by molar-refractivity contribution is 0.436. The minimum atomic E-state index is -0.538. The minimum Gasteiger partial charge on any atom is -0.457 e. The Labute approximate surface area is 448 Å². The van der Waals surface area contributed by atoms with Crippen LogP contribution in [0.5, 0.6) is 23.0 Å². The number of ether oxygens (including phenoxy) is 2. The van der Waals surface area contributed by atoms with Crippen molar-refractivity contribution in [1.82, 2.24) is 0 Å². The van der Waals surface area contributed by atoms with Crippen molar-refractivity contribution in [3.63, 3.8) is 0 Å². The molecule has 0 unspecified atom stereocenters. The number of nitrogens with zero attached hydrogens (tertiary/aromatic N) is 1. The molecule has 0 radical (unpaired) electrons. The highest BCUT2D eigenvalue weighted by atomic mass is 16.5. The Morgan fingerprint density at radius 3 is 1.21 bits per heavy atom. The summed E-state index contributed by atoms with van der Waals surface area (Å²) >= 11 is 0. The maximum atomic E-state index is 6.65. The van der Waals surface area contributed by atoms with Crippen LogP contribution >= 0.6 is 0 Å². The Morgan fingerprint density at radius 1 is 0.234 bits per heavy atom. The zero-order valence-corrected chi connectivity index (χ0v) is 41.9. The second kappa shape index (κ2) is 16.8. The normalized spacial score (nSPS) is 13.9. The Kier molecular flexibility index (Phi) is 9.47. The van der Waals surface area contributed by atoms with E-state index in [1.54, 1.807) is 0 Å². The third kappa shape index (κ3) is 6.14. The van der Waals surface area contributed by atoms with Gasteiger partial charge in [0, 0.05) is 39.2 Å². The number of rotatable bonds is 6. The van der Waals surface area contributed by atoms with Crippen LogP contribution < -0.4 is 14.4 Å². The van der Waals surface area contributed by atoms with Crippen LogP contribution in [0.2, 0.25) is 0 Å². The molecule has 2 aliphatic heterocycles. The van der Waals surface area contributed by atoms with Crippen LogP contribution in [0, 0.1) is 0 Å². The van der Waals surface area contributed by atoms with Gasteiger partial charge in [-0.15, -0.1) is 0 Å². The van der Waals surface area contributed by atoms with Gasteiger partial charge in [-0.3, -0.25) is 0 Å². The fraction of sp³-hybridized carbons (Fsp3) is 0.0270. The van der Waals surface area contributed by atoms with Gasteiger partial charge in [-0.2, -0.15) is 0 Å². The molecule has 0 saturated carbocycles. The molecule has 360 valence electrons. The van der Waals surface area contributed by atoms with Crippen molar-refractivity contribution in [2.75, 3.05) is 4.90 Å². The Hall–Kier alpha value is -9.96. The summed E-state index contributed by atoms with van der Waals surface area (Å²) < 4.78 is 13.3. The highest BCUT2D eigenvalue weighted by molar-refractivity contribution is 5.98. The van der Waals surface area contributed by atoms with Gasteiger partial charge in [0.1, 0.15) is 23.0 Å². The van der Waals surface area contributed by atoms with Crippen LogP contribution in [0.1, 0.15) is 44.5 Å². The zero-order valence-electron chi connectivity index (χ0n) is 41.9. The molecule has 77 heavy (non-hydrogen) atoms. The van der Waals surface area contributed by atoms with Crippen molar-refractivity contribution in [2.24, 2.45) is 0 Å². The maximum Gasteiger partial charge on any atom is 0.132 e. The molecule has 2 aliphatic carbocycles. The summed E-state index contributed by atoms with van der Waals surface area (Å²) in [6, 6.07) is 104. The first-order valence-electron chi connectivity index (χ1n) is 26.6. The third-order valence-corrected chi connectivity index (χ3v) is 16.8. The summed E-state index contributed by atoms with van der Waals surface area (Å²) in [5, 5.41) is 0. The summed E-state index contributed by atoms with van der Waals surface area (Å²) in [4.78, 5) is 2.41. The molecule has 3 nitrogen and oxygen atoms in total. The SMILES string of the molecule is c1ccc(-c2ccccc2N(c2ccc(-c3ccc4c(c3)C3(c5ccccc5Oc5ccccc53)c3ccccc3-4)cc2)c2ccc(-c3cccc4c3-c3ccccc3C43c4ccccc4Oc4ccccc43)cc2)cc1. The van der Waals surface area contributed by atoms with E-state index in [-0.39, 0.29) is 0 Å². The molecule has 3 heteroatoms. The van der Waals surface area contributed by atoms with E-state index >= 15 is 0 Å². The quantitative estimate of drug-likeness (QED) is 0.166. The maximum absolute atomic E-state index is 6.65. The predicted molar refractivity (Wildman–Crippen MR) is 312 cm³/mol. The number of hydrogen-bond donors (Lipinski definition) is 0. The van der Waals surface area contributed by atoms with Gasteiger partial charge in [-0.1, -0.05) is 224 Å². The first-order valence-corrected chi connectivity index (χ1v) is 26.6. The lowest BCUT2D eigenvalue weighted by Crippen LogP contribution is -2.32.